The molecule has 0 rings (SSSR count). The second-order valence-corrected chi connectivity index (χ2v) is 5.27. The zero-order chi connectivity index (χ0) is 9.99. The molecule has 0 saturated heterocycles. The Labute approximate surface area is 71.3 Å². The van der Waals surface area contributed by atoms with Crippen molar-refractivity contribution in [3.05, 3.63) is 0 Å². The third kappa shape index (κ3) is 7.72. The molecule has 0 aliphatic heterocycles. The molecule has 0 aromatic rings. The van der Waals surface area contributed by atoms with Gasteiger partial charge in [-0.15, -0.1) is 0 Å². The second-order valence-electron chi connectivity index (χ2n) is 3.62. The lowest BCUT2D eigenvalue weighted by molar-refractivity contribution is -0.120. The fraction of sp³-hybridized carbons (Fsp3) is 0.833. The van der Waals surface area contributed by atoms with Crippen LogP contribution in [0, 0.1) is 0 Å². The van der Waals surface area contributed by atoms with E-state index in [4.69, 9.17) is 9.79 Å². The van der Waals surface area contributed by atoms with Crippen molar-refractivity contribution in [3.8, 4) is 0 Å². The monoisotopic (exact) mass is 195 g/mol. The van der Waals surface area contributed by atoms with Gasteiger partial charge in [0.25, 0.3) is 0 Å². The summed E-state index contributed by atoms with van der Waals surface area (Å²) >= 11 is 0. The SMILES string of the molecule is CC(C)(C)NC(=O)CP(=O)(O)O. The van der Waals surface area contributed by atoms with Gasteiger partial charge in [-0.3, -0.25) is 9.36 Å². The summed E-state index contributed by atoms with van der Waals surface area (Å²) < 4.78 is 10.4. The number of nitrogens with one attached hydrogen (secondary N) is 1. The number of carbonyl (C=O) groups excluding carboxylic acids is 1. The third-order valence-corrected chi connectivity index (χ3v) is 1.56. The Hall–Kier alpha value is -0.380. The van der Waals surface area contributed by atoms with E-state index in [1.54, 1.807) is 20.8 Å². The standard InChI is InChI=1S/C6H14NO4P/c1-6(2,3)7-5(8)4-12(9,10)11/h4H2,1-3H3,(H,7,8)(H2,9,10,11). The molecule has 6 heteroatoms. The van der Waals surface area contributed by atoms with Gasteiger partial charge in [0, 0.05) is 5.54 Å². The van der Waals surface area contributed by atoms with Crippen molar-refractivity contribution >= 4 is 13.5 Å². The molecule has 0 atom stereocenters. The third-order valence-electron chi connectivity index (χ3n) is 0.864. The molecule has 0 bridgehead atoms. The minimum atomic E-state index is -4.22. The van der Waals surface area contributed by atoms with Gasteiger partial charge in [-0.25, -0.2) is 0 Å². The maximum atomic E-state index is 10.9. The van der Waals surface area contributed by atoms with Gasteiger partial charge < -0.3 is 15.1 Å². The maximum Gasteiger partial charge on any atom is 0.334 e. The maximum absolute atomic E-state index is 10.9. The van der Waals surface area contributed by atoms with Crippen molar-refractivity contribution in [2.75, 3.05) is 6.16 Å². The molecule has 0 aromatic carbocycles. The molecule has 0 aliphatic carbocycles. The van der Waals surface area contributed by atoms with Crippen LogP contribution < -0.4 is 5.32 Å². The van der Waals surface area contributed by atoms with Gasteiger partial charge in [0.05, 0.1) is 0 Å². The van der Waals surface area contributed by atoms with Gasteiger partial charge in [0.15, 0.2) is 0 Å². The van der Waals surface area contributed by atoms with Gasteiger partial charge in [-0.05, 0) is 20.8 Å². The van der Waals surface area contributed by atoms with E-state index < -0.39 is 25.2 Å². The average Bonchev–Trinajstić information content (AvgIpc) is 1.49. The van der Waals surface area contributed by atoms with Crippen LogP contribution in [-0.2, 0) is 9.36 Å². The summed E-state index contributed by atoms with van der Waals surface area (Å²) in [6.07, 6.45) is -0.746. The van der Waals surface area contributed by atoms with Crippen LogP contribution >= 0.6 is 7.60 Å². The first-order valence-electron chi connectivity index (χ1n) is 3.46. The minimum absolute atomic E-state index is 0.452. The number of amides is 1. The molecule has 0 saturated carbocycles. The van der Waals surface area contributed by atoms with E-state index in [-0.39, 0.29) is 0 Å². The van der Waals surface area contributed by atoms with Crippen molar-refractivity contribution in [1.29, 1.82) is 0 Å². The molecule has 0 unspecified atom stereocenters. The van der Waals surface area contributed by atoms with Crippen LogP contribution in [0.25, 0.3) is 0 Å². The summed E-state index contributed by atoms with van der Waals surface area (Å²) in [7, 11) is -4.22. The van der Waals surface area contributed by atoms with Crippen molar-refractivity contribution in [3.63, 3.8) is 0 Å². The molecule has 0 fully saturated rings. The topological polar surface area (TPSA) is 86.6 Å². The molecule has 0 spiro atoms. The molecular weight excluding hydrogens is 181 g/mol. The minimum Gasteiger partial charge on any atom is -0.351 e. The van der Waals surface area contributed by atoms with Gasteiger partial charge in [0.2, 0.25) is 5.91 Å². The fourth-order valence-corrected chi connectivity index (χ4v) is 1.10. The molecule has 0 aromatic heterocycles. The lowest BCUT2D eigenvalue weighted by atomic mass is 10.1. The van der Waals surface area contributed by atoms with Crippen molar-refractivity contribution in [1.82, 2.24) is 5.32 Å². The second kappa shape index (κ2) is 3.56. The Balaban J connectivity index is 4.01. The summed E-state index contributed by atoms with van der Waals surface area (Å²) in [6.45, 7) is 5.22. The first-order valence-corrected chi connectivity index (χ1v) is 5.25. The molecule has 0 aliphatic rings. The zero-order valence-corrected chi connectivity index (χ0v) is 8.26. The van der Waals surface area contributed by atoms with Crippen LogP contribution in [0.5, 0.6) is 0 Å². The number of carbonyl (C=O) groups is 1. The lowest BCUT2D eigenvalue weighted by Gasteiger charge is -2.20. The Morgan fingerprint density at radius 2 is 1.83 bits per heavy atom. The van der Waals surface area contributed by atoms with Crippen LogP contribution in [0.4, 0.5) is 0 Å². The summed E-state index contributed by atoms with van der Waals surface area (Å²) in [5, 5.41) is 2.44. The first kappa shape index (κ1) is 11.6. The van der Waals surface area contributed by atoms with Crippen LogP contribution in [0.15, 0.2) is 0 Å². The van der Waals surface area contributed by atoms with Gasteiger partial charge in [-0.1, -0.05) is 0 Å². The molecule has 0 heterocycles. The summed E-state index contributed by atoms with van der Waals surface area (Å²) in [5.74, 6) is -0.629. The Kier molecular flexibility index (Phi) is 3.45. The molecule has 1 amide bonds. The van der Waals surface area contributed by atoms with Crippen LogP contribution in [0.1, 0.15) is 20.8 Å². The number of rotatable bonds is 2. The van der Waals surface area contributed by atoms with E-state index in [0.717, 1.165) is 0 Å². The van der Waals surface area contributed by atoms with E-state index in [1.807, 2.05) is 0 Å². The smallest absolute Gasteiger partial charge is 0.334 e. The molecular formula is C6H14NO4P. The average molecular weight is 195 g/mol. The normalized spacial score (nSPS) is 12.8. The Bertz CT molecular complexity index is 214. The number of hydrogen-bond acceptors (Lipinski definition) is 2. The molecule has 12 heavy (non-hydrogen) atoms. The summed E-state index contributed by atoms with van der Waals surface area (Å²) in [4.78, 5) is 27.7. The fourth-order valence-electron chi connectivity index (χ4n) is 0.645. The Morgan fingerprint density at radius 1 is 1.42 bits per heavy atom. The van der Waals surface area contributed by atoms with Gasteiger partial charge in [-0.2, -0.15) is 0 Å². The van der Waals surface area contributed by atoms with E-state index >= 15 is 0 Å². The highest BCUT2D eigenvalue weighted by Crippen LogP contribution is 2.33. The predicted molar refractivity (Wildman–Crippen MR) is 44.8 cm³/mol. The summed E-state index contributed by atoms with van der Waals surface area (Å²) in [5.41, 5.74) is -0.452. The lowest BCUT2D eigenvalue weighted by Crippen LogP contribution is -2.41. The van der Waals surface area contributed by atoms with Crippen LogP contribution in [0.3, 0.4) is 0 Å². The predicted octanol–water partition coefficient (Wildman–Crippen LogP) is 0.0788. The van der Waals surface area contributed by atoms with E-state index in [1.165, 1.54) is 0 Å². The molecule has 0 radical (unpaired) electrons. The van der Waals surface area contributed by atoms with E-state index in [0.29, 0.717) is 0 Å². The molecule has 3 N–H and O–H groups in total. The van der Waals surface area contributed by atoms with Gasteiger partial charge in [0.1, 0.15) is 6.16 Å². The first-order chi connectivity index (χ1) is 5.10. The number of hydrogen-bond donors (Lipinski definition) is 3. The highest BCUT2D eigenvalue weighted by atomic mass is 31.2. The van der Waals surface area contributed by atoms with Crippen LogP contribution in [0.2, 0.25) is 0 Å². The zero-order valence-electron chi connectivity index (χ0n) is 7.37. The van der Waals surface area contributed by atoms with Gasteiger partial charge >= 0.3 is 7.60 Å². The van der Waals surface area contributed by atoms with E-state index in [9.17, 15) is 9.36 Å². The quantitative estimate of drug-likeness (QED) is 0.544. The highest BCUT2D eigenvalue weighted by molar-refractivity contribution is 7.52. The Morgan fingerprint density at radius 3 is 2.08 bits per heavy atom. The van der Waals surface area contributed by atoms with Crippen molar-refractivity contribution in [2.24, 2.45) is 0 Å². The molecule has 72 valence electrons. The van der Waals surface area contributed by atoms with Crippen molar-refractivity contribution < 1.29 is 19.1 Å². The largest absolute Gasteiger partial charge is 0.351 e. The summed E-state index contributed by atoms with van der Waals surface area (Å²) in [6, 6.07) is 0. The van der Waals surface area contributed by atoms with Crippen LogP contribution in [-0.4, -0.2) is 27.4 Å². The van der Waals surface area contributed by atoms with E-state index in [2.05, 4.69) is 5.32 Å². The molecule has 5 nitrogen and oxygen atoms in total. The van der Waals surface area contributed by atoms with Crippen molar-refractivity contribution in [2.45, 2.75) is 26.3 Å². The highest BCUT2D eigenvalue weighted by Gasteiger charge is 2.22.